The van der Waals surface area contributed by atoms with Crippen molar-refractivity contribution in [2.45, 2.75) is 86.0 Å². The Morgan fingerprint density at radius 3 is 2.77 bits per heavy atom. The second-order valence-electron chi connectivity index (χ2n) is 10.5. The third kappa shape index (κ3) is 4.84. The molecule has 2 nitrogen and oxygen atoms in total. The Morgan fingerprint density at radius 1 is 1.30 bits per heavy atom. The predicted molar refractivity (Wildman–Crippen MR) is 126 cm³/mol. The maximum Gasteiger partial charge on any atom is 0.136 e. The fraction of sp³-hybridized carbons (Fsp3) is 0.679. The van der Waals surface area contributed by atoms with E-state index in [1.54, 1.807) is 7.11 Å². The van der Waals surface area contributed by atoms with Crippen molar-refractivity contribution in [3.8, 4) is 5.75 Å². The SMILES string of the molecule is COc1ccc(C)c(CC[C@@H]2C(=O)CC[C@]3(C)[C@@H]([C@H](C)CCC=C(C)C)CC[C@@H]23)c1. The summed E-state index contributed by atoms with van der Waals surface area (Å²) in [5, 5.41) is 0. The molecule has 3 rings (SSSR count). The summed E-state index contributed by atoms with van der Waals surface area (Å²) in [7, 11) is 1.72. The van der Waals surface area contributed by atoms with Crippen LogP contribution in [0.25, 0.3) is 0 Å². The van der Waals surface area contributed by atoms with E-state index in [1.165, 1.54) is 42.4 Å². The highest BCUT2D eigenvalue weighted by Crippen LogP contribution is 2.59. The third-order valence-electron chi connectivity index (χ3n) is 8.43. The second-order valence-corrected chi connectivity index (χ2v) is 10.5. The summed E-state index contributed by atoms with van der Waals surface area (Å²) in [6, 6.07) is 6.32. The van der Waals surface area contributed by atoms with Crippen molar-refractivity contribution in [3.63, 3.8) is 0 Å². The van der Waals surface area contributed by atoms with Gasteiger partial charge in [0.1, 0.15) is 11.5 Å². The van der Waals surface area contributed by atoms with E-state index >= 15 is 0 Å². The number of allylic oxidation sites excluding steroid dienone is 2. The van der Waals surface area contributed by atoms with Gasteiger partial charge in [0.25, 0.3) is 0 Å². The Kier molecular flexibility index (Phi) is 7.47. The molecule has 0 heterocycles. The standard InChI is InChI=1S/C28H42O2/c1-19(2)8-7-9-21(4)25-14-15-26-24(27(29)16-17-28(25,26)5)13-11-22-18-23(30-6)12-10-20(22)3/h8,10,12,18,21,24-26H,7,9,11,13-17H2,1-6H3/t21-,24+,25-,26+,28-/m1/s1. The summed E-state index contributed by atoms with van der Waals surface area (Å²) in [6.07, 6.45) is 11.3. The fourth-order valence-corrected chi connectivity index (χ4v) is 6.62. The Hall–Kier alpha value is -1.57. The first-order chi connectivity index (χ1) is 14.3. The molecule has 0 saturated heterocycles. The van der Waals surface area contributed by atoms with Crippen LogP contribution in [0.15, 0.2) is 29.8 Å². The molecule has 2 fully saturated rings. The number of ketones is 1. The van der Waals surface area contributed by atoms with Gasteiger partial charge in [0.15, 0.2) is 0 Å². The van der Waals surface area contributed by atoms with Gasteiger partial charge >= 0.3 is 0 Å². The number of carbonyl (C=O) groups is 1. The summed E-state index contributed by atoms with van der Waals surface area (Å²) < 4.78 is 5.42. The molecular weight excluding hydrogens is 368 g/mol. The van der Waals surface area contributed by atoms with Crippen LogP contribution in [0.4, 0.5) is 0 Å². The number of hydrogen-bond acceptors (Lipinski definition) is 2. The van der Waals surface area contributed by atoms with Crippen molar-refractivity contribution in [3.05, 3.63) is 41.0 Å². The molecular formula is C28H42O2. The molecule has 0 spiro atoms. The maximum absolute atomic E-state index is 13.0. The molecule has 1 aromatic carbocycles. The van der Waals surface area contributed by atoms with E-state index in [2.05, 4.69) is 52.8 Å². The Balaban J connectivity index is 1.70. The molecule has 2 aliphatic rings. The molecule has 166 valence electrons. The Labute approximate surface area is 184 Å². The molecule has 0 N–H and O–H groups in total. The zero-order valence-electron chi connectivity index (χ0n) is 20.1. The molecule has 30 heavy (non-hydrogen) atoms. The molecule has 0 unspecified atom stereocenters. The smallest absolute Gasteiger partial charge is 0.136 e. The minimum absolute atomic E-state index is 0.240. The van der Waals surface area contributed by atoms with E-state index in [0.717, 1.165) is 43.3 Å². The van der Waals surface area contributed by atoms with E-state index in [0.29, 0.717) is 17.1 Å². The first-order valence-corrected chi connectivity index (χ1v) is 12.1. The molecule has 2 heteroatoms. The molecule has 2 aliphatic carbocycles. The molecule has 5 atom stereocenters. The third-order valence-corrected chi connectivity index (χ3v) is 8.43. The van der Waals surface area contributed by atoms with Gasteiger partial charge < -0.3 is 4.74 Å². The van der Waals surface area contributed by atoms with E-state index in [1.807, 2.05) is 6.07 Å². The number of aryl methyl sites for hydroxylation is 2. The molecule has 0 radical (unpaired) electrons. The van der Waals surface area contributed by atoms with Crippen molar-refractivity contribution in [1.29, 1.82) is 0 Å². The van der Waals surface area contributed by atoms with Gasteiger partial charge in [-0.15, -0.1) is 0 Å². The zero-order valence-corrected chi connectivity index (χ0v) is 20.1. The topological polar surface area (TPSA) is 26.3 Å². The molecule has 1 aromatic rings. The summed E-state index contributed by atoms with van der Waals surface area (Å²) in [6.45, 7) is 11.5. The number of fused-ring (bicyclic) bond motifs is 1. The molecule has 0 bridgehead atoms. The fourth-order valence-electron chi connectivity index (χ4n) is 6.62. The van der Waals surface area contributed by atoms with Gasteiger partial charge in [-0.05, 0) is 112 Å². The summed E-state index contributed by atoms with van der Waals surface area (Å²) in [5.74, 6) is 3.76. The van der Waals surface area contributed by atoms with Crippen molar-refractivity contribution in [2.75, 3.05) is 7.11 Å². The lowest BCUT2D eigenvalue weighted by molar-refractivity contribution is -0.132. The monoisotopic (exact) mass is 410 g/mol. The summed E-state index contributed by atoms with van der Waals surface area (Å²) >= 11 is 0. The van der Waals surface area contributed by atoms with Crippen LogP contribution in [-0.4, -0.2) is 12.9 Å². The average molecular weight is 411 g/mol. The van der Waals surface area contributed by atoms with Gasteiger partial charge in [-0.2, -0.15) is 0 Å². The number of Topliss-reactive ketones (excluding diaryl/α,β-unsaturated/α-hetero) is 1. The lowest BCUT2D eigenvalue weighted by Crippen LogP contribution is -2.43. The average Bonchev–Trinajstić information content (AvgIpc) is 3.05. The van der Waals surface area contributed by atoms with Crippen molar-refractivity contribution in [1.82, 2.24) is 0 Å². The highest BCUT2D eigenvalue weighted by molar-refractivity contribution is 5.82. The molecule has 2 saturated carbocycles. The minimum Gasteiger partial charge on any atom is -0.497 e. The van der Waals surface area contributed by atoms with Gasteiger partial charge in [0, 0.05) is 12.3 Å². The quantitative estimate of drug-likeness (QED) is 0.419. The van der Waals surface area contributed by atoms with E-state index in [4.69, 9.17) is 4.74 Å². The Bertz CT molecular complexity index is 773. The van der Waals surface area contributed by atoms with Crippen molar-refractivity contribution < 1.29 is 9.53 Å². The van der Waals surface area contributed by atoms with Crippen LogP contribution in [0.1, 0.15) is 83.8 Å². The second kappa shape index (κ2) is 9.71. The van der Waals surface area contributed by atoms with Crippen LogP contribution in [0.3, 0.4) is 0 Å². The van der Waals surface area contributed by atoms with Crippen LogP contribution in [0.5, 0.6) is 5.75 Å². The Morgan fingerprint density at radius 2 is 2.07 bits per heavy atom. The van der Waals surface area contributed by atoms with Crippen LogP contribution >= 0.6 is 0 Å². The highest BCUT2D eigenvalue weighted by atomic mass is 16.5. The van der Waals surface area contributed by atoms with E-state index in [-0.39, 0.29) is 5.92 Å². The van der Waals surface area contributed by atoms with Gasteiger partial charge in [0.2, 0.25) is 0 Å². The number of methoxy groups -OCH3 is 1. The van der Waals surface area contributed by atoms with Gasteiger partial charge in [-0.3, -0.25) is 4.79 Å². The van der Waals surface area contributed by atoms with Gasteiger partial charge in [-0.25, -0.2) is 0 Å². The number of hydrogen-bond donors (Lipinski definition) is 0. The number of ether oxygens (including phenoxy) is 1. The summed E-state index contributed by atoms with van der Waals surface area (Å²) in [4.78, 5) is 13.0. The molecule has 0 amide bonds. The normalized spacial score (nSPS) is 29.4. The van der Waals surface area contributed by atoms with Crippen LogP contribution < -0.4 is 4.74 Å². The van der Waals surface area contributed by atoms with Gasteiger partial charge in [-0.1, -0.05) is 31.6 Å². The number of rotatable bonds is 8. The van der Waals surface area contributed by atoms with Crippen LogP contribution in [0, 0.1) is 36.0 Å². The van der Waals surface area contributed by atoms with E-state index in [9.17, 15) is 4.79 Å². The first kappa shape index (κ1) is 23.1. The maximum atomic E-state index is 13.0. The first-order valence-electron chi connectivity index (χ1n) is 12.1. The van der Waals surface area contributed by atoms with E-state index < -0.39 is 0 Å². The highest BCUT2D eigenvalue weighted by Gasteiger charge is 2.54. The lowest BCUT2D eigenvalue weighted by Gasteiger charge is -2.46. The molecule has 0 aromatic heterocycles. The largest absolute Gasteiger partial charge is 0.497 e. The predicted octanol–water partition coefficient (Wildman–Crippen LogP) is 7.33. The van der Waals surface area contributed by atoms with Crippen molar-refractivity contribution >= 4 is 5.78 Å². The molecule has 0 aliphatic heterocycles. The van der Waals surface area contributed by atoms with Gasteiger partial charge in [0.05, 0.1) is 7.11 Å². The van der Waals surface area contributed by atoms with Crippen LogP contribution in [0.2, 0.25) is 0 Å². The number of benzene rings is 1. The van der Waals surface area contributed by atoms with Crippen molar-refractivity contribution in [2.24, 2.45) is 29.1 Å². The zero-order chi connectivity index (χ0) is 21.9. The summed E-state index contributed by atoms with van der Waals surface area (Å²) in [5.41, 5.74) is 4.40. The van der Waals surface area contributed by atoms with Crippen LogP contribution in [-0.2, 0) is 11.2 Å². The lowest BCUT2D eigenvalue weighted by atomic mass is 9.58. The number of carbonyl (C=O) groups excluding carboxylic acids is 1. The minimum atomic E-state index is 0.240.